The Hall–Kier alpha value is -4.82. The third kappa shape index (κ3) is 5.60. The fourth-order valence-electron chi connectivity index (χ4n) is 5.56. The van der Waals surface area contributed by atoms with Gasteiger partial charge in [0, 0.05) is 40.3 Å². The molecule has 0 bridgehead atoms. The number of hydrogen-bond acceptors (Lipinski definition) is 1. The number of aryl methyl sites for hydroxylation is 1. The van der Waals surface area contributed by atoms with Crippen LogP contribution in [0.25, 0.3) is 39.4 Å². The zero-order valence-electron chi connectivity index (χ0n) is 24.6. The van der Waals surface area contributed by atoms with Gasteiger partial charge in [-0.3, -0.25) is 0 Å². The van der Waals surface area contributed by atoms with E-state index in [-0.39, 0.29) is 0 Å². The smallest absolute Gasteiger partial charge is 0.0543 e. The summed E-state index contributed by atoms with van der Waals surface area (Å²) in [6.07, 6.45) is 19.1. The minimum absolute atomic E-state index is 0.747. The molecule has 1 aliphatic rings. The van der Waals surface area contributed by atoms with E-state index in [1.807, 2.05) is 13.8 Å². The first-order valence-corrected chi connectivity index (χ1v) is 14.2. The van der Waals surface area contributed by atoms with Crippen LogP contribution in [0.1, 0.15) is 37.6 Å². The molecule has 3 aromatic carbocycles. The summed E-state index contributed by atoms with van der Waals surface area (Å²) < 4.78 is 2.37. The van der Waals surface area contributed by atoms with E-state index < -0.39 is 0 Å². The van der Waals surface area contributed by atoms with Crippen LogP contribution in [0.15, 0.2) is 140 Å². The summed E-state index contributed by atoms with van der Waals surface area (Å²) in [4.78, 5) is 2.33. The molecular formula is C39H38N2. The molecule has 0 saturated heterocycles. The topological polar surface area (TPSA) is 8.17 Å². The maximum Gasteiger partial charge on any atom is 0.0543 e. The molecule has 0 radical (unpaired) electrons. The quantitative estimate of drug-likeness (QED) is 0.223. The van der Waals surface area contributed by atoms with E-state index in [1.54, 1.807) is 0 Å². The first-order chi connectivity index (χ1) is 19.9. The third-order valence-electron chi connectivity index (χ3n) is 7.45. The van der Waals surface area contributed by atoms with E-state index in [1.165, 1.54) is 27.7 Å². The highest BCUT2D eigenvalue weighted by Gasteiger charge is 2.18. The minimum atomic E-state index is 0.747. The van der Waals surface area contributed by atoms with Crippen molar-refractivity contribution in [1.82, 2.24) is 4.57 Å². The van der Waals surface area contributed by atoms with E-state index in [4.69, 9.17) is 0 Å². The molecule has 5 rings (SSSR count). The molecule has 2 heterocycles. The number of nitrogens with zero attached hydrogens (tertiary/aromatic N) is 2. The van der Waals surface area contributed by atoms with Crippen LogP contribution in [-0.4, -0.2) is 11.1 Å². The van der Waals surface area contributed by atoms with Gasteiger partial charge in [-0.1, -0.05) is 91.6 Å². The Balaban J connectivity index is 1.70. The molecule has 0 spiro atoms. The van der Waals surface area contributed by atoms with E-state index in [2.05, 4.69) is 158 Å². The van der Waals surface area contributed by atoms with E-state index in [0.717, 1.165) is 45.9 Å². The number of para-hydroxylation sites is 1. The lowest BCUT2D eigenvalue weighted by Gasteiger charge is -2.28. The number of allylic oxidation sites excluding steroid dienone is 9. The van der Waals surface area contributed by atoms with Crippen LogP contribution in [0.5, 0.6) is 0 Å². The molecule has 2 nitrogen and oxygen atoms in total. The Kier molecular flexibility index (Phi) is 8.21. The lowest BCUT2D eigenvalue weighted by Crippen LogP contribution is -2.23. The molecule has 1 aliphatic heterocycles. The number of fused-ring (bicyclic) bond motifs is 2. The predicted octanol–water partition coefficient (Wildman–Crippen LogP) is 10.6. The molecule has 0 fully saturated rings. The average Bonchev–Trinajstić information content (AvgIpc) is 3.28. The number of benzene rings is 3. The van der Waals surface area contributed by atoms with Crippen molar-refractivity contribution in [3.8, 4) is 16.8 Å². The Morgan fingerprint density at radius 1 is 0.902 bits per heavy atom. The first kappa shape index (κ1) is 27.7. The van der Waals surface area contributed by atoms with Crippen molar-refractivity contribution in [2.75, 3.05) is 11.4 Å². The van der Waals surface area contributed by atoms with Crippen LogP contribution >= 0.6 is 0 Å². The highest BCUT2D eigenvalue weighted by Crippen LogP contribution is 2.37. The zero-order valence-corrected chi connectivity index (χ0v) is 24.6. The van der Waals surface area contributed by atoms with Crippen LogP contribution in [0.4, 0.5) is 5.69 Å². The van der Waals surface area contributed by atoms with Crippen molar-refractivity contribution in [1.29, 1.82) is 0 Å². The van der Waals surface area contributed by atoms with Crippen molar-refractivity contribution >= 4 is 28.2 Å². The Bertz CT molecular complexity index is 1770. The summed E-state index contributed by atoms with van der Waals surface area (Å²) in [5.41, 5.74) is 12.5. The summed E-state index contributed by atoms with van der Waals surface area (Å²) >= 11 is 0. The largest absolute Gasteiger partial charge is 0.337 e. The van der Waals surface area contributed by atoms with Crippen molar-refractivity contribution in [3.63, 3.8) is 0 Å². The first-order valence-electron chi connectivity index (χ1n) is 14.2. The average molecular weight is 535 g/mol. The van der Waals surface area contributed by atoms with Crippen LogP contribution in [-0.2, 0) is 0 Å². The summed E-state index contributed by atoms with van der Waals surface area (Å²) in [5, 5.41) is 1.26. The summed E-state index contributed by atoms with van der Waals surface area (Å²) in [5.74, 6) is 0. The van der Waals surface area contributed by atoms with E-state index >= 15 is 0 Å². The van der Waals surface area contributed by atoms with Crippen LogP contribution < -0.4 is 4.90 Å². The Morgan fingerprint density at radius 3 is 2.39 bits per heavy atom. The lowest BCUT2D eigenvalue weighted by atomic mass is 9.96. The van der Waals surface area contributed by atoms with Crippen LogP contribution in [0, 0.1) is 6.92 Å². The van der Waals surface area contributed by atoms with Crippen molar-refractivity contribution in [3.05, 3.63) is 157 Å². The van der Waals surface area contributed by atoms with Crippen molar-refractivity contribution in [2.45, 2.75) is 27.7 Å². The van der Waals surface area contributed by atoms with Gasteiger partial charge in [-0.15, -0.1) is 0 Å². The molecular weight excluding hydrogens is 496 g/mol. The van der Waals surface area contributed by atoms with Crippen molar-refractivity contribution in [2.24, 2.45) is 0 Å². The second kappa shape index (κ2) is 12.1. The highest BCUT2D eigenvalue weighted by molar-refractivity contribution is 5.94. The second-order valence-corrected chi connectivity index (χ2v) is 10.5. The van der Waals surface area contributed by atoms with Gasteiger partial charge in [0.15, 0.2) is 0 Å². The molecule has 2 heteroatoms. The van der Waals surface area contributed by atoms with Crippen molar-refractivity contribution < 1.29 is 0 Å². The number of rotatable bonds is 6. The minimum Gasteiger partial charge on any atom is -0.337 e. The summed E-state index contributed by atoms with van der Waals surface area (Å²) in [6, 6.07) is 24.2. The molecule has 1 aromatic heterocycles. The Labute approximate surface area is 245 Å². The van der Waals surface area contributed by atoms with Gasteiger partial charge in [0.05, 0.1) is 5.52 Å². The zero-order chi connectivity index (χ0) is 28.9. The fourth-order valence-corrected chi connectivity index (χ4v) is 5.56. The van der Waals surface area contributed by atoms with E-state index in [0.29, 0.717) is 0 Å². The molecule has 0 aliphatic carbocycles. The molecule has 0 saturated carbocycles. The van der Waals surface area contributed by atoms with Gasteiger partial charge in [-0.05, 0) is 98.5 Å². The molecule has 204 valence electrons. The maximum absolute atomic E-state index is 4.46. The second-order valence-electron chi connectivity index (χ2n) is 10.5. The van der Waals surface area contributed by atoms with Gasteiger partial charge in [0.2, 0.25) is 0 Å². The standard InChI is InChI=1S/C39H38N2/c1-7-15-34(25-28(3)4)40-24-14-10-11-17-29(5)36-26-31(21-23-38(36)40)32-20-22-35-30(6)37(16-8-2)41(39(35)27-32)33-18-12-9-13-19-33/h7-23,25-27H,3,5,24H2,1-2,4,6H3/b14-10-,15-7?,16-8-,17-11-,34-25+. The predicted molar refractivity (Wildman–Crippen MR) is 181 cm³/mol. The number of anilines is 1. The number of hydrogen-bond donors (Lipinski definition) is 0. The van der Waals surface area contributed by atoms with Gasteiger partial charge in [-0.25, -0.2) is 0 Å². The maximum atomic E-state index is 4.46. The lowest BCUT2D eigenvalue weighted by molar-refractivity contribution is 1.03. The SMILES string of the molecule is C=C(C)/C=C(\C=CC)N1C/C=C\C=C/C(=C)c2cc(-c3ccc4c(C)c(/C=C\C)n(-c5ccccc5)c4c3)ccc21. The molecule has 0 amide bonds. The van der Waals surface area contributed by atoms with Gasteiger partial charge in [0.1, 0.15) is 0 Å². The highest BCUT2D eigenvalue weighted by atomic mass is 15.1. The molecule has 4 aromatic rings. The van der Waals surface area contributed by atoms with Crippen LogP contribution in [0.3, 0.4) is 0 Å². The van der Waals surface area contributed by atoms with Gasteiger partial charge < -0.3 is 9.47 Å². The number of aromatic nitrogens is 1. The molecule has 0 atom stereocenters. The fraction of sp³-hybridized carbons (Fsp3) is 0.128. The molecule has 41 heavy (non-hydrogen) atoms. The monoisotopic (exact) mass is 534 g/mol. The van der Waals surface area contributed by atoms with Gasteiger partial charge >= 0.3 is 0 Å². The molecule has 0 N–H and O–H groups in total. The van der Waals surface area contributed by atoms with Crippen LogP contribution in [0.2, 0.25) is 0 Å². The third-order valence-corrected chi connectivity index (χ3v) is 7.45. The summed E-state index contributed by atoms with van der Waals surface area (Å²) in [6.45, 7) is 17.7. The van der Waals surface area contributed by atoms with Gasteiger partial charge in [-0.2, -0.15) is 0 Å². The normalized spacial score (nSPS) is 15.7. The van der Waals surface area contributed by atoms with Gasteiger partial charge in [0.25, 0.3) is 0 Å². The Morgan fingerprint density at radius 2 is 1.66 bits per heavy atom. The van der Waals surface area contributed by atoms with E-state index in [9.17, 15) is 0 Å². The summed E-state index contributed by atoms with van der Waals surface area (Å²) in [7, 11) is 0. The molecule has 0 unspecified atom stereocenters.